The summed E-state index contributed by atoms with van der Waals surface area (Å²) in [6.07, 6.45) is 37.1. The highest BCUT2D eigenvalue weighted by Crippen LogP contribution is 2.48. The Balaban J connectivity index is 1.08. The Bertz CT molecular complexity index is 733. The zero-order chi connectivity index (χ0) is 32.7. The highest BCUT2D eigenvalue weighted by molar-refractivity contribution is 8.07. The molecule has 6 heteroatoms. The molecular formula is C40H74N2O2S2. The number of carbonyl (C=O) groups is 2. The Morgan fingerprint density at radius 3 is 1.11 bits per heavy atom. The molecule has 0 radical (unpaired) electrons. The van der Waals surface area contributed by atoms with Crippen LogP contribution < -0.4 is 0 Å². The fourth-order valence-corrected chi connectivity index (χ4v) is 9.93. The molecule has 0 aromatic rings. The fourth-order valence-electron chi connectivity index (χ4n) is 7.45. The average molecular weight is 679 g/mol. The van der Waals surface area contributed by atoms with E-state index in [1.165, 1.54) is 154 Å². The monoisotopic (exact) mass is 679 g/mol. The van der Waals surface area contributed by atoms with E-state index in [4.69, 9.17) is 0 Å². The number of carbonyl (C=O) groups excluding carboxylic acids is 2. The van der Waals surface area contributed by atoms with E-state index in [0.29, 0.717) is 19.5 Å². The first-order valence-corrected chi connectivity index (χ1v) is 22.4. The Morgan fingerprint density at radius 1 is 0.457 bits per heavy atom. The maximum atomic E-state index is 12.9. The van der Waals surface area contributed by atoms with Crippen LogP contribution in [0.4, 0.5) is 0 Å². The summed E-state index contributed by atoms with van der Waals surface area (Å²) in [7, 11) is 0. The second-order valence-electron chi connectivity index (χ2n) is 15.0. The lowest BCUT2D eigenvalue weighted by molar-refractivity contribution is -0.142. The maximum absolute atomic E-state index is 12.9. The molecule has 0 saturated carbocycles. The lowest BCUT2D eigenvalue weighted by Crippen LogP contribution is -2.49. The van der Waals surface area contributed by atoms with Crippen LogP contribution in [0.25, 0.3) is 0 Å². The molecule has 2 amide bonds. The summed E-state index contributed by atoms with van der Waals surface area (Å²) >= 11 is 4.46. The minimum atomic E-state index is 0.257. The van der Waals surface area contributed by atoms with E-state index in [1.807, 2.05) is 9.80 Å². The third kappa shape index (κ3) is 18.4. The summed E-state index contributed by atoms with van der Waals surface area (Å²) < 4.78 is 0. The molecule has 268 valence electrons. The van der Waals surface area contributed by atoms with Gasteiger partial charge in [0, 0.05) is 46.9 Å². The standard InChI is InChI=1S/C40H74N2O2S2/c1-3-5-7-9-13-19-26-35-37(45-35)28-21-15-11-17-23-30-39(43)41-32-25-33-42(34-41)40(44)31-24-18-12-16-22-29-38-36(46-38)27-20-14-10-8-6-4-2/h35-38H,3-34H2,1-2H3. The number of amides is 2. The second kappa shape index (κ2) is 25.6. The van der Waals surface area contributed by atoms with Crippen molar-refractivity contribution in [1.29, 1.82) is 0 Å². The summed E-state index contributed by atoms with van der Waals surface area (Å²) in [5.74, 6) is 0.514. The van der Waals surface area contributed by atoms with Gasteiger partial charge in [-0.25, -0.2) is 0 Å². The lowest BCUT2D eigenvalue weighted by Gasteiger charge is -2.35. The first-order chi connectivity index (χ1) is 22.6. The van der Waals surface area contributed by atoms with Gasteiger partial charge in [-0.05, 0) is 44.9 Å². The van der Waals surface area contributed by atoms with E-state index in [-0.39, 0.29) is 11.8 Å². The van der Waals surface area contributed by atoms with Gasteiger partial charge in [0.25, 0.3) is 0 Å². The molecule has 0 N–H and O–H groups in total. The molecule has 0 aliphatic carbocycles. The summed E-state index contributed by atoms with van der Waals surface area (Å²) in [6.45, 7) is 6.75. The zero-order valence-corrected chi connectivity index (χ0v) is 32.1. The first-order valence-electron chi connectivity index (χ1n) is 20.5. The van der Waals surface area contributed by atoms with Crippen molar-refractivity contribution in [2.75, 3.05) is 19.8 Å². The van der Waals surface area contributed by atoms with Crippen molar-refractivity contribution in [3.05, 3.63) is 0 Å². The third-order valence-corrected chi connectivity index (χ3v) is 13.7. The number of thioether (sulfide) groups is 2. The molecule has 0 aromatic heterocycles. The van der Waals surface area contributed by atoms with Gasteiger partial charge in [0.05, 0.1) is 6.67 Å². The number of hydrogen-bond acceptors (Lipinski definition) is 4. The number of nitrogens with zero attached hydrogens (tertiary/aromatic N) is 2. The molecule has 4 atom stereocenters. The number of rotatable bonds is 30. The fraction of sp³-hybridized carbons (Fsp3) is 0.950. The topological polar surface area (TPSA) is 40.6 Å². The molecule has 3 rings (SSSR count). The smallest absolute Gasteiger partial charge is 0.223 e. The van der Waals surface area contributed by atoms with Gasteiger partial charge in [0.2, 0.25) is 11.8 Å². The molecule has 46 heavy (non-hydrogen) atoms. The minimum absolute atomic E-state index is 0.257. The van der Waals surface area contributed by atoms with E-state index in [0.717, 1.165) is 53.4 Å². The third-order valence-electron chi connectivity index (χ3n) is 10.7. The van der Waals surface area contributed by atoms with Crippen molar-refractivity contribution in [3.63, 3.8) is 0 Å². The van der Waals surface area contributed by atoms with Gasteiger partial charge in [-0.2, -0.15) is 23.5 Å². The van der Waals surface area contributed by atoms with Crippen molar-refractivity contribution >= 4 is 35.3 Å². The van der Waals surface area contributed by atoms with Gasteiger partial charge < -0.3 is 9.80 Å². The normalized spacial score (nSPS) is 22.4. The van der Waals surface area contributed by atoms with Crippen LogP contribution in [0.1, 0.15) is 200 Å². The molecule has 0 bridgehead atoms. The van der Waals surface area contributed by atoms with Gasteiger partial charge in [0.15, 0.2) is 0 Å². The van der Waals surface area contributed by atoms with Crippen LogP contribution in [0, 0.1) is 0 Å². The summed E-state index contributed by atoms with van der Waals surface area (Å²) in [4.78, 5) is 29.6. The summed E-state index contributed by atoms with van der Waals surface area (Å²) in [5.41, 5.74) is 0. The van der Waals surface area contributed by atoms with Gasteiger partial charge in [-0.1, -0.05) is 142 Å². The van der Waals surface area contributed by atoms with Crippen LogP contribution in [-0.4, -0.2) is 62.4 Å². The highest BCUT2D eigenvalue weighted by atomic mass is 32.2. The Hall–Kier alpha value is -0.360. The Kier molecular flexibility index (Phi) is 22.3. The van der Waals surface area contributed by atoms with Crippen LogP contribution in [-0.2, 0) is 9.59 Å². The van der Waals surface area contributed by atoms with E-state index in [1.54, 1.807) is 0 Å². The lowest BCUT2D eigenvalue weighted by atomic mass is 10.0. The minimum Gasteiger partial charge on any atom is -0.325 e. The zero-order valence-electron chi connectivity index (χ0n) is 30.5. The highest BCUT2D eigenvalue weighted by Gasteiger charge is 2.37. The molecule has 3 fully saturated rings. The molecule has 4 nitrogen and oxygen atoms in total. The molecule has 0 aromatic carbocycles. The van der Waals surface area contributed by atoms with E-state index in [2.05, 4.69) is 37.4 Å². The quantitative estimate of drug-likeness (QED) is 0.0560. The largest absolute Gasteiger partial charge is 0.325 e. The van der Waals surface area contributed by atoms with Gasteiger partial charge in [-0.15, -0.1) is 0 Å². The van der Waals surface area contributed by atoms with Crippen LogP contribution >= 0.6 is 23.5 Å². The van der Waals surface area contributed by atoms with Crippen LogP contribution in [0.2, 0.25) is 0 Å². The molecule has 0 spiro atoms. The predicted molar refractivity (Wildman–Crippen MR) is 204 cm³/mol. The average Bonchev–Trinajstić information content (AvgIpc) is 4.00. The molecular weight excluding hydrogens is 605 g/mol. The van der Waals surface area contributed by atoms with Gasteiger partial charge >= 0.3 is 0 Å². The van der Waals surface area contributed by atoms with Crippen molar-refractivity contribution in [3.8, 4) is 0 Å². The van der Waals surface area contributed by atoms with E-state index >= 15 is 0 Å². The molecule has 3 saturated heterocycles. The van der Waals surface area contributed by atoms with Crippen LogP contribution in [0.15, 0.2) is 0 Å². The SMILES string of the molecule is CCCCCCCCC1SC1CCCCCCCC(=O)N1CCCN(C(=O)CCCCCCCC2SC2CCCCCCCC)C1. The Labute approximate surface area is 294 Å². The summed E-state index contributed by atoms with van der Waals surface area (Å²) in [6, 6.07) is 0. The van der Waals surface area contributed by atoms with Gasteiger partial charge in [0.1, 0.15) is 0 Å². The molecule has 3 aliphatic rings. The van der Waals surface area contributed by atoms with Crippen LogP contribution in [0.5, 0.6) is 0 Å². The molecule has 3 heterocycles. The van der Waals surface area contributed by atoms with Crippen molar-refractivity contribution < 1.29 is 9.59 Å². The number of hydrogen-bond donors (Lipinski definition) is 0. The van der Waals surface area contributed by atoms with Crippen molar-refractivity contribution in [2.45, 2.75) is 221 Å². The summed E-state index contributed by atoms with van der Waals surface area (Å²) in [5, 5.41) is 3.83. The first kappa shape index (κ1) is 40.1. The molecule has 3 aliphatic heterocycles. The number of unbranched alkanes of at least 4 members (excludes halogenated alkanes) is 18. The van der Waals surface area contributed by atoms with Crippen molar-refractivity contribution in [1.82, 2.24) is 9.80 Å². The van der Waals surface area contributed by atoms with Gasteiger partial charge in [-0.3, -0.25) is 9.59 Å². The van der Waals surface area contributed by atoms with E-state index < -0.39 is 0 Å². The van der Waals surface area contributed by atoms with Crippen LogP contribution in [0.3, 0.4) is 0 Å². The predicted octanol–water partition coefficient (Wildman–Crippen LogP) is 11.9. The molecule has 4 unspecified atom stereocenters. The Morgan fingerprint density at radius 2 is 0.761 bits per heavy atom. The second-order valence-corrected chi connectivity index (χ2v) is 17.9. The van der Waals surface area contributed by atoms with E-state index in [9.17, 15) is 9.59 Å². The van der Waals surface area contributed by atoms with Crippen molar-refractivity contribution in [2.24, 2.45) is 0 Å². The maximum Gasteiger partial charge on any atom is 0.223 e.